The van der Waals surface area contributed by atoms with Gasteiger partial charge in [-0.2, -0.15) is 18.4 Å². The summed E-state index contributed by atoms with van der Waals surface area (Å²) in [5, 5.41) is 27.3. The van der Waals surface area contributed by atoms with Gasteiger partial charge in [-0.3, -0.25) is 9.69 Å². The summed E-state index contributed by atoms with van der Waals surface area (Å²) in [6, 6.07) is 12.4. The maximum absolute atomic E-state index is 14.4. The number of hydrogen-bond acceptors (Lipinski definition) is 7. The summed E-state index contributed by atoms with van der Waals surface area (Å²) in [7, 11) is 1.86. The number of aliphatic hydroxyl groups is 1. The first-order valence-corrected chi connectivity index (χ1v) is 14.4. The van der Waals surface area contributed by atoms with E-state index in [1.807, 2.05) is 34.7 Å². The van der Waals surface area contributed by atoms with Crippen LogP contribution in [0.2, 0.25) is 0 Å². The van der Waals surface area contributed by atoms with Crippen LogP contribution in [-0.4, -0.2) is 63.6 Å². The Hall–Kier alpha value is -3.79. The number of ether oxygens (including phenoxy) is 1. The highest BCUT2D eigenvalue weighted by molar-refractivity contribution is 6.10. The van der Waals surface area contributed by atoms with Crippen molar-refractivity contribution >= 4 is 11.6 Å². The molecule has 3 aromatic rings. The van der Waals surface area contributed by atoms with Gasteiger partial charge >= 0.3 is 6.18 Å². The molecule has 1 atom stereocenters. The number of rotatable bonds is 7. The van der Waals surface area contributed by atoms with E-state index in [9.17, 15) is 28.3 Å². The topological polar surface area (TPSA) is 108 Å². The minimum atomic E-state index is -4.63. The molecule has 1 N–H and O–H groups in total. The second kappa shape index (κ2) is 11.4. The third-order valence-electron chi connectivity index (χ3n) is 9.02. The van der Waals surface area contributed by atoms with Gasteiger partial charge < -0.3 is 19.3 Å². The molecule has 9 nitrogen and oxygen atoms in total. The summed E-state index contributed by atoms with van der Waals surface area (Å²) in [4.78, 5) is 17.1. The minimum Gasteiger partial charge on any atom is -0.396 e. The lowest BCUT2D eigenvalue weighted by Gasteiger charge is -2.45. The van der Waals surface area contributed by atoms with E-state index in [0.717, 1.165) is 17.5 Å². The number of anilines is 1. The molecule has 1 aromatic heterocycles. The highest BCUT2D eigenvalue weighted by Gasteiger charge is 2.47. The number of halogens is 3. The van der Waals surface area contributed by atoms with E-state index >= 15 is 0 Å². The molecule has 1 saturated heterocycles. The molecule has 6 rings (SSSR count). The molecule has 1 saturated carbocycles. The molecule has 1 aliphatic carbocycles. The van der Waals surface area contributed by atoms with Crippen molar-refractivity contribution in [1.82, 2.24) is 19.7 Å². The van der Waals surface area contributed by atoms with Crippen LogP contribution in [0.25, 0.3) is 0 Å². The number of amides is 1. The lowest BCUT2D eigenvalue weighted by atomic mass is 9.57. The molecule has 226 valence electrons. The molecule has 2 fully saturated rings. The molecule has 0 spiro atoms. The molecule has 43 heavy (non-hydrogen) atoms. The number of aryl methyl sites for hydroxylation is 1. The summed E-state index contributed by atoms with van der Waals surface area (Å²) in [5.41, 5.74) is 0.673. The highest BCUT2D eigenvalue weighted by Crippen LogP contribution is 2.50. The Morgan fingerprint density at radius 3 is 2.74 bits per heavy atom. The van der Waals surface area contributed by atoms with Gasteiger partial charge in [0.1, 0.15) is 12.2 Å². The van der Waals surface area contributed by atoms with Gasteiger partial charge in [0.2, 0.25) is 0 Å². The maximum atomic E-state index is 14.4. The molecule has 1 amide bonds. The third kappa shape index (κ3) is 5.64. The van der Waals surface area contributed by atoms with Gasteiger partial charge in [0.25, 0.3) is 5.91 Å². The number of nitrogens with zero attached hydrogens (tertiary/aromatic N) is 6. The largest absolute Gasteiger partial charge is 0.416 e. The Kier molecular flexibility index (Phi) is 7.75. The zero-order chi connectivity index (χ0) is 30.4. The van der Waals surface area contributed by atoms with E-state index in [-0.39, 0.29) is 48.1 Å². The van der Waals surface area contributed by atoms with Crippen LogP contribution in [0.5, 0.6) is 0 Å². The summed E-state index contributed by atoms with van der Waals surface area (Å²) in [6.45, 7) is 1.78. The van der Waals surface area contributed by atoms with Gasteiger partial charge in [-0.15, -0.1) is 10.2 Å². The number of fused-ring (bicyclic) bond motifs is 1. The molecular weight excluding hydrogens is 561 g/mol. The summed E-state index contributed by atoms with van der Waals surface area (Å²) < 4.78 is 50.4. The molecular formula is C31H33F3N6O3. The lowest BCUT2D eigenvalue weighted by Crippen LogP contribution is -2.43. The average Bonchev–Trinajstić information content (AvgIpc) is 3.43. The third-order valence-corrected chi connectivity index (χ3v) is 9.02. The van der Waals surface area contributed by atoms with Crippen LogP contribution in [0.1, 0.15) is 51.3 Å². The minimum absolute atomic E-state index is 0.0268. The smallest absolute Gasteiger partial charge is 0.396 e. The number of carbonyl (C=O) groups excluding carboxylic acids is 1. The monoisotopic (exact) mass is 594 g/mol. The number of aromatic nitrogens is 3. The van der Waals surface area contributed by atoms with Crippen molar-refractivity contribution in [2.24, 2.45) is 18.9 Å². The number of benzene rings is 2. The van der Waals surface area contributed by atoms with Gasteiger partial charge in [0, 0.05) is 68.2 Å². The first-order valence-electron chi connectivity index (χ1n) is 14.4. The van der Waals surface area contributed by atoms with Gasteiger partial charge in [-0.25, -0.2) is 0 Å². The van der Waals surface area contributed by atoms with Gasteiger partial charge in [0.15, 0.2) is 0 Å². The van der Waals surface area contributed by atoms with Crippen molar-refractivity contribution in [3.05, 3.63) is 76.4 Å². The predicted octanol–water partition coefficient (Wildman–Crippen LogP) is 3.85. The number of nitriles is 1. The fourth-order valence-electron chi connectivity index (χ4n) is 6.72. The zero-order valence-electron chi connectivity index (χ0n) is 23.8. The van der Waals surface area contributed by atoms with Crippen LogP contribution in [0.15, 0.2) is 42.7 Å². The number of alkyl halides is 3. The van der Waals surface area contributed by atoms with E-state index in [1.165, 1.54) is 4.90 Å². The SMILES string of the molecule is Cn1cnnc1CC1(c2cccc(N3Cc4c(cc(CN5CCOCC(CO)C5)cc4C(F)(F)F)C3=O)c2)CC(C#N)C1. The molecule has 3 aliphatic rings. The van der Waals surface area contributed by atoms with Crippen molar-refractivity contribution in [3.63, 3.8) is 0 Å². The van der Waals surface area contributed by atoms with Crippen molar-refractivity contribution in [3.8, 4) is 6.07 Å². The predicted molar refractivity (Wildman–Crippen MR) is 150 cm³/mol. The second-order valence-corrected chi connectivity index (χ2v) is 12.0. The molecule has 1 unspecified atom stereocenters. The Morgan fingerprint density at radius 1 is 1.23 bits per heavy atom. The fraction of sp³-hybridized carbons (Fsp3) is 0.484. The van der Waals surface area contributed by atoms with E-state index in [0.29, 0.717) is 56.8 Å². The number of aliphatic hydroxyl groups excluding tert-OH is 1. The Balaban J connectivity index is 1.31. The van der Waals surface area contributed by atoms with Crippen LogP contribution in [0.4, 0.5) is 18.9 Å². The summed E-state index contributed by atoms with van der Waals surface area (Å²) >= 11 is 0. The molecule has 3 heterocycles. The molecule has 0 radical (unpaired) electrons. The van der Waals surface area contributed by atoms with Crippen molar-refractivity contribution in [2.75, 3.05) is 37.8 Å². The van der Waals surface area contributed by atoms with Crippen LogP contribution >= 0.6 is 0 Å². The Morgan fingerprint density at radius 2 is 2.05 bits per heavy atom. The standard InChI is InChI=1S/C31H33F3N6O3/c1-38-19-36-37-28(38)12-30(10-21(11-30)13-35)23-3-2-4-24(9-23)40-16-26-25(29(40)42)7-20(8-27(26)31(32,33)34)14-39-5-6-43-18-22(15-39)17-41/h2-4,7-9,19,21-22,41H,5-6,10-12,14-18H2,1H3. The zero-order valence-corrected chi connectivity index (χ0v) is 23.8. The fourth-order valence-corrected chi connectivity index (χ4v) is 6.72. The summed E-state index contributed by atoms with van der Waals surface area (Å²) in [6.07, 6.45) is -1.22. The molecule has 12 heteroatoms. The van der Waals surface area contributed by atoms with Crippen LogP contribution in [0.3, 0.4) is 0 Å². The first-order chi connectivity index (χ1) is 20.6. The lowest BCUT2D eigenvalue weighted by molar-refractivity contribution is -0.138. The van der Waals surface area contributed by atoms with E-state index < -0.39 is 17.6 Å². The quantitative estimate of drug-likeness (QED) is 0.443. The van der Waals surface area contributed by atoms with Gasteiger partial charge in [0.05, 0.1) is 31.4 Å². The average molecular weight is 595 g/mol. The molecule has 2 aliphatic heterocycles. The number of hydrogen-bond donors (Lipinski definition) is 1. The van der Waals surface area contributed by atoms with Crippen molar-refractivity contribution < 1.29 is 27.8 Å². The van der Waals surface area contributed by atoms with Gasteiger partial charge in [-0.05, 0) is 53.8 Å². The van der Waals surface area contributed by atoms with Crippen LogP contribution in [0, 0.1) is 23.2 Å². The number of carbonyl (C=O) groups is 1. The van der Waals surface area contributed by atoms with E-state index in [1.54, 1.807) is 18.5 Å². The van der Waals surface area contributed by atoms with Crippen molar-refractivity contribution in [2.45, 2.75) is 43.9 Å². The summed E-state index contributed by atoms with van der Waals surface area (Å²) in [5.74, 6) is 0.0677. The van der Waals surface area contributed by atoms with E-state index in [4.69, 9.17) is 4.74 Å². The Labute approximate surface area is 247 Å². The van der Waals surface area contributed by atoms with Crippen molar-refractivity contribution in [1.29, 1.82) is 5.26 Å². The van der Waals surface area contributed by atoms with E-state index in [2.05, 4.69) is 16.3 Å². The van der Waals surface area contributed by atoms with Gasteiger partial charge in [-0.1, -0.05) is 12.1 Å². The van der Waals surface area contributed by atoms with Crippen LogP contribution in [-0.2, 0) is 42.9 Å². The maximum Gasteiger partial charge on any atom is 0.416 e. The highest BCUT2D eigenvalue weighted by atomic mass is 19.4. The normalized spacial score (nSPS) is 24.4. The van der Waals surface area contributed by atoms with Crippen LogP contribution < -0.4 is 4.90 Å². The molecule has 2 aromatic carbocycles. The first kappa shape index (κ1) is 29.3. The molecule has 0 bridgehead atoms. The Bertz CT molecular complexity index is 1560. The second-order valence-electron chi connectivity index (χ2n) is 12.0.